The van der Waals surface area contributed by atoms with Crippen LogP contribution in [0.3, 0.4) is 0 Å². The lowest BCUT2D eigenvalue weighted by Crippen LogP contribution is -2.45. The maximum atomic E-state index is 11.1. The molecule has 0 aliphatic carbocycles. The van der Waals surface area contributed by atoms with Crippen molar-refractivity contribution in [3.05, 3.63) is 59.7 Å². The summed E-state index contributed by atoms with van der Waals surface area (Å²) in [6, 6.07) is 16.3. The third-order valence-corrected chi connectivity index (χ3v) is 16.2. The molecule has 190 valence electrons. The van der Waals surface area contributed by atoms with Crippen LogP contribution in [-0.2, 0) is 6.54 Å². The lowest BCUT2D eigenvalue weighted by atomic mass is 10.1. The highest BCUT2D eigenvalue weighted by Gasteiger charge is 2.42. The quantitative estimate of drug-likeness (QED) is 0.359. The number of aliphatic hydroxyl groups is 1. The maximum absolute atomic E-state index is 11.1. The smallest absolute Gasteiger partial charge is 0.250 e. The van der Waals surface area contributed by atoms with Crippen molar-refractivity contribution in [3.63, 3.8) is 0 Å². The van der Waals surface area contributed by atoms with Gasteiger partial charge in [0.05, 0.1) is 6.10 Å². The van der Waals surface area contributed by atoms with E-state index in [2.05, 4.69) is 84.8 Å². The molecule has 0 amide bonds. The van der Waals surface area contributed by atoms with Crippen molar-refractivity contribution in [1.29, 1.82) is 0 Å². The van der Waals surface area contributed by atoms with Crippen LogP contribution in [0.4, 0.5) is 0 Å². The van der Waals surface area contributed by atoms with Crippen LogP contribution in [0, 0.1) is 0 Å². The molecule has 0 bridgehead atoms. The fourth-order valence-electron chi connectivity index (χ4n) is 3.11. The van der Waals surface area contributed by atoms with Gasteiger partial charge in [0.25, 0.3) is 16.6 Å². The first-order valence-electron chi connectivity index (χ1n) is 12.4. The molecule has 0 saturated carbocycles. The molecule has 6 heteroatoms. The van der Waals surface area contributed by atoms with Crippen molar-refractivity contribution in [2.75, 3.05) is 13.6 Å². The Balaban J connectivity index is 2.33. The molecule has 1 N–H and O–H groups in total. The molecule has 0 spiro atoms. The Kier molecular flexibility index (Phi) is 8.90. The molecule has 0 radical (unpaired) electrons. The SMILES string of the molecule is CN(Cc1ccccc1)CC(O)c1ccc(O[Si](C)(C)C(C)(C)C)c(O[Si](C)(C)C(C)(C)C)c1. The minimum Gasteiger partial charge on any atom is -0.541 e. The van der Waals surface area contributed by atoms with E-state index in [0.29, 0.717) is 6.54 Å². The summed E-state index contributed by atoms with van der Waals surface area (Å²) >= 11 is 0. The molecule has 4 nitrogen and oxygen atoms in total. The molecule has 34 heavy (non-hydrogen) atoms. The number of rotatable bonds is 9. The molecule has 0 fully saturated rings. The van der Waals surface area contributed by atoms with Gasteiger partial charge in [0.1, 0.15) is 11.5 Å². The third-order valence-electron chi connectivity index (χ3n) is 7.48. The zero-order valence-corrected chi connectivity index (χ0v) is 25.3. The summed E-state index contributed by atoms with van der Waals surface area (Å²) in [5, 5.41) is 11.2. The average molecular weight is 502 g/mol. The highest BCUT2D eigenvalue weighted by Crippen LogP contribution is 2.44. The highest BCUT2D eigenvalue weighted by atomic mass is 28.4. The number of hydrogen-bond acceptors (Lipinski definition) is 4. The van der Waals surface area contributed by atoms with Crippen LogP contribution in [0.25, 0.3) is 0 Å². The maximum Gasteiger partial charge on any atom is 0.250 e. The number of nitrogens with zero attached hydrogens (tertiary/aromatic N) is 1. The average Bonchev–Trinajstić information content (AvgIpc) is 2.67. The first-order chi connectivity index (χ1) is 15.4. The van der Waals surface area contributed by atoms with Crippen LogP contribution in [-0.4, -0.2) is 40.2 Å². The predicted octanol–water partition coefficient (Wildman–Crippen LogP) is 7.62. The van der Waals surface area contributed by atoms with Crippen molar-refractivity contribution in [1.82, 2.24) is 4.90 Å². The summed E-state index contributed by atoms with van der Waals surface area (Å²) in [6.45, 7) is 23.8. The normalized spacial score (nSPS) is 14.3. The van der Waals surface area contributed by atoms with Gasteiger partial charge in [-0.1, -0.05) is 77.9 Å². The lowest BCUT2D eigenvalue weighted by Gasteiger charge is -2.40. The Morgan fingerprint density at radius 1 is 0.794 bits per heavy atom. The fraction of sp³-hybridized carbons (Fsp3) is 0.571. The van der Waals surface area contributed by atoms with Crippen LogP contribution < -0.4 is 8.85 Å². The van der Waals surface area contributed by atoms with E-state index in [-0.39, 0.29) is 10.1 Å². The van der Waals surface area contributed by atoms with E-state index in [9.17, 15) is 5.11 Å². The van der Waals surface area contributed by atoms with Gasteiger partial charge in [0, 0.05) is 13.1 Å². The Hall–Kier alpha value is -1.61. The highest BCUT2D eigenvalue weighted by molar-refractivity contribution is 6.75. The molecule has 0 aromatic heterocycles. The molecule has 0 heterocycles. The largest absolute Gasteiger partial charge is 0.541 e. The summed E-state index contributed by atoms with van der Waals surface area (Å²) in [7, 11) is -2.10. The van der Waals surface area contributed by atoms with Gasteiger partial charge in [0.15, 0.2) is 0 Å². The second-order valence-electron chi connectivity index (χ2n) is 12.6. The van der Waals surface area contributed by atoms with E-state index >= 15 is 0 Å². The van der Waals surface area contributed by atoms with E-state index in [1.807, 2.05) is 43.4 Å². The summed E-state index contributed by atoms with van der Waals surface area (Å²) in [6.07, 6.45) is -0.614. The summed E-state index contributed by atoms with van der Waals surface area (Å²) < 4.78 is 13.5. The Morgan fingerprint density at radius 3 is 1.79 bits per heavy atom. The fourth-order valence-corrected chi connectivity index (χ4v) is 5.15. The van der Waals surface area contributed by atoms with Crippen LogP contribution in [0.2, 0.25) is 36.3 Å². The van der Waals surface area contributed by atoms with Crippen LogP contribution >= 0.6 is 0 Å². The van der Waals surface area contributed by atoms with E-state index in [1.54, 1.807) is 0 Å². The minimum atomic E-state index is -2.10. The third kappa shape index (κ3) is 7.44. The van der Waals surface area contributed by atoms with E-state index in [0.717, 1.165) is 23.6 Å². The Labute approximate surface area is 210 Å². The van der Waals surface area contributed by atoms with Crippen molar-refractivity contribution < 1.29 is 14.0 Å². The monoisotopic (exact) mass is 501 g/mol. The van der Waals surface area contributed by atoms with Crippen molar-refractivity contribution >= 4 is 16.6 Å². The van der Waals surface area contributed by atoms with Gasteiger partial charge in [-0.3, -0.25) is 4.90 Å². The van der Waals surface area contributed by atoms with E-state index < -0.39 is 22.7 Å². The molecular weight excluding hydrogens is 454 g/mol. The predicted molar refractivity (Wildman–Crippen MR) is 150 cm³/mol. The number of likely N-dealkylation sites (N-methyl/N-ethyl adjacent to an activating group) is 1. The number of hydrogen-bond donors (Lipinski definition) is 1. The number of aliphatic hydroxyl groups excluding tert-OH is 1. The lowest BCUT2D eigenvalue weighted by molar-refractivity contribution is 0.123. The van der Waals surface area contributed by atoms with E-state index in [4.69, 9.17) is 8.85 Å². The molecule has 1 atom stereocenters. The van der Waals surface area contributed by atoms with Crippen LogP contribution in [0.5, 0.6) is 11.5 Å². The standard InChI is InChI=1S/C28H47NO3Si2/c1-27(2,3)33(8,9)31-25-18-17-23(19-26(25)32-34(10,11)28(4,5)6)24(30)21-29(7)20-22-15-13-12-14-16-22/h12-19,24,30H,20-21H2,1-11H3. The molecule has 2 rings (SSSR count). The summed E-state index contributed by atoms with van der Waals surface area (Å²) in [5.74, 6) is 1.56. The topological polar surface area (TPSA) is 41.9 Å². The first-order valence-corrected chi connectivity index (χ1v) is 18.2. The van der Waals surface area contributed by atoms with Gasteiger partial charge in [-0.05, 0) is 66.6 Å². The second-order valence-corrected chi connectivity index (χ2v) is 22.1. The minimum absolute atomic E-state index is 0.0613. The van der Waals surface area contributed by atoms with Gasteiger partial charge in [-0.2, -0.15) is 0 Å². The first kappa shape index (κ1) is 28.6. The van der Waals surface area contributed by atoms with Gasteiger partial charge < -0.3 is 14.0 Å². The van der Waals surface area contributed by atoms with Gasteiger partial charge >= 0.3 is 0 Å². The van der Waals surface area contributed by atoms with Crippen molar-refractivity contribution in [3.8, 4) is 11.5 Å². The second kappa shape index (κ2) is 10.6. The van der Waals surface area contributed by atoms with Crippen LogP contribution in [0.1, 0.15) is 58.8 Å². The zero-order chi connectivity index (χ0) is 25.9. The van der Waals surface area contributed by atoms with Gasteiger partial charge in [-0.25, -0.2) is 0 Å². The molecular formula is C28H47NO3Si2. The Morgan fingerprint density at radius 2 is 1.29 bits per heavy atom. The zero-order valence-electron chi connectivity index (χ0n) is 23.3. The molecule has 0 saturated heterocycles. The van der Waals surface area contributed by atoms with Crippen molar-refractivity contribution in [2.24, 2.45) is 0 Å². The molecule has 1 unspecified atom stereocenters. The Bertz CT molecular complexity index is 931. The molecule has 0 aliphatic heterocycles. The molecule has 0 aliphatic rings. The molecule has 2 aromatic carbocycles. The molecule has 2 aromatic rings. The summed E-state index contributed by atoms with van der Waals surface area (Å²) in [5.41, 5.74) is 2.09. The van der Waals surface area contributed by atoms with E-state index in [1.165, 1.54) is 5.56 Å². The van der Waals surface area contributed by atoms with Gasteiger partial charge in [-0.15, -0.1) is 0 Å². The van der Waals surface area contributed by atoms with Crippen LogP contribution in [0.15, 0.2) is 48.5 Å². The number of benzene rings is 2. The van der Waals surface area contributed by atoms with Crippen molar-refractivity contribution in [2.45, 2.75) is 90.5 Å². The summed E-state index contributed by atoms with van der Waals surface area (Å²) in [4.78, 5) is 2.15. The van der Waals surface area contributed by atoms with Gasteiger partial charge in [0.2, 0.25) is 0 Å².